The lowest BCUT2D eigenvalue weighted by molar-refractivity contribution is -0.0413. The van der Waals surface area contributed by atoms with Gasteiger partial charge in [-0.2, -0.15) is 0 Å². The molecule has 0 radical (unpaired) electrons. The second-order valence-electron chi connectivity index (χ2n) is 16.7. The first kappa shape index (κ1) is 22.2. The average Bonchev–Trinajstić information content (AvgIpc) is 2.68. The van der Waals surface area contributed by atoms with Crippen molar-refractivity contribution in [1.29, 1.82) is 0 Å². The Morgan fingerprint density at radius 1 is 0.364 bits per heavy atom. The van der Waals surface area contributed by atoms with Crippen LogP contribution in [0.2, 0.25) is 0 Å². The first-order valence-corrected chi connectivity index (χ1v) is 15.8. The van der Waals surface area contributed by atoms with Gasteiger partial charge in [-0.15, -0.1) is 0 Å². The number of rotatable bonds is 0. The second kappa shape index (κ2) is 8.00. The van der Waals surface area contributed by atoms with Crippen LogP contribution in [0.4, 0.5) is 0 Å². The number of hydrogen-bond donors (Lipinski definition) is 0. The van der Waals surface area contributed by atoms with Crippen molar-refractivity contribution < 1.29 is 0 Å². The van der Waals surface area contributed by atoms with Crippen molar-refractivity contribution >= 4 is 0 Å². The highest BCUT2D eigenvalue weighted by molar-refractivity contribution is 5.00. The molecule has 12 aliphatic rings. The highest BCUT2D eigenvalue weighted by atomic mass is 14.5. The third kappa shape index (κ3) is 4.28. The molecule has 0 spiro atoms. The molecular weight excluding hydrogens is 396 g/mol. The van der Waals surface area contributed by atoms with Crippen LogP contribution in [0.25, 0.3) is 0 Å². The van der Waals surface area contributed by atoms with Gasteiger partial charge in [0.2, 0.25) is 0 Å². The van der Waals surface area contributed by atoms with E-state index in [1.807, 2.05) is 0 Å². The minimum absolute atomic E-state index is 0.800. The van der Waals surface area contributed by atoms with Gasteiger partial charge in [-0.3, -0.25) is 0 Å². The SMILES string of the molecule is CC12CC3CC(CC(C3)C1)C2.CC12CC3CC(CC(C3)C1)C2.CC1C2CC3CC(C2)CC1C3. The van der Waals surface area contributed by atoms with Gasteiger partial charge in [-0.05, 0) is 185 Å². The molecule has 0 aromatic rings. The Bertz CT molecular complexity index is 588. The van der Waals surface area contributed by atoms with Crippen molar-refractivity contribution in [3.63, 3.8) is 0 Å². The smallest absolute Gasteiger partial charge is 0.0318 e. The van der Waals surface area contributed by atoms with E-state index in [-0.39, 0.29) is 0 Å². The van der Waals surface area contributed by atoms with Gasteiger partial charge in [0.1, 0.15) is 0 Å². The van der Waals surface area contributed by atoms with Crippen LogP contribution < -0.4 is 0 Å². The van der Waals surface area contributed by atoms with Crippen LogP contribution in [-0.2, 0) is 0 Å². The van der Waals surface area contributed by atoms with Crippen molar-refractivity contribution in [2.45, 2.75) is 130 Å². The topological polar surface area (TPSA) is 0 Å². The molecule has 0 aliphatic heterocycles. The summed E-state index contributed by atoms with van der Waals surface area (Å²) in [5, 5.41) is 0. The maximum absolute atomic E-state index is 2.54. The Balaban J connectivity index is 0.0000000864. The highest BCUT2D eigenvalue weighted by Gasteiger charge is 2.49. The monoisotopic (exact) mass is 450 g/mol. The molecule has 0 heterocycles. The minimum Gasteiger partial charge on any atom is -0.0620 e. The maximum Gasteiger partial charge on any atom is -0.0318 e. The summed E-state index contributed by atoms with van der Waals surface area (Å²) >= 11 is 0. The van der Waals surface area contributed by atoms with Crippen LogP contribution in [0.5, 0.6) is 0 Å². The first-order chi connectivity index (χ1) is 15.8. The molecule has 12 fully saturated rings. The van der Waals surface area contributed by atoms with E-state index < -0.39 is 0 Å². The lowest BCUT2D eigenvalue weighted by Gasteiger charge is -2.55. The van der Waals surface area contributed by atoms with E-state index in [0.717, 1.165) is 75.9 Å². The highest BCUT2D eigenvalue weighted by Crippen LogP contribution is 2.61. The molecule has 0 saturated heterocycles. The van der Waals surface area contributed by atoms with E-state index in [2.05, 4.69) is 20.8 Å². The molecule has 12 saturated carbocycles. The van der Waals surface area contributed by atoms with Crippen LogP contribution >= 0.6 is 0 Å². The van der Waals surface area contributed by atoms with E-state index in [0.29, 0.717) is 0 Å². The van der Waals surface area contributed by atoms with E-state index in [1.165, 1.54) is 0 Å². The Hall–Kier alpha value is 0. The predicted octanol–water partition coefficient (Wildman–Crippen LogP) is 9.52. The Morgan fingerprint density at radius 3 is 0.848 bits per heavy atom. The Kier molecular flexibility index (Phi) is 5.39. The molecule has 0 nitrogen and oxygen atoms in total. The lowest BCUT2D eigenvalue weighted by Crippen LogP contribution is -2.44. The largest absolute Gasteiger partial charge is 0.0620 e. The van der Waals surface area contributed by atoms with Crippen LogP contribution in [0.15, 0.2) is 0 Å². The van der Waals surface area contributed by atoms with Crippen molar-refractivity contribution in [3.8, 4) is 0 Å². The summed E-state index contributed by atoms with van der Waals surface area (Å²) in [4.78, 5) is 0. The minimum atomic E-state index is 0.800. The molecule has 0 aromatic heterocycles. The standard InChI is InChI=1S/3C11H18/c2*1-11-5-8-2-9(6-11)4-10(3-8)7-11;1-7-10-3-8-2-9(5-10)6-11(7)4-8/h2*8-10H,2-7H2,1H3;7-11H,2-6H2,1H3. The molecule has 186 valence electrons. The zero-order valence-corrected chi connectivity index (χ0v) is 22.4. The summed E-state index contributed by atoms with van der Waals surface area (Å²) in [5.74, 6) is 12.6. The van der Waals surface area contributed by atoms with E-state index in [4.69, 9.17) is 0 Å². The summed E-state index contributed by atoms with van der Waals surface area (Å²) in [6.45, 7) is 7.59. The zero-order chi connectivity index (χ0) is 22.4. The van der Waals surface area contributed by atoms with Crippen molar-refractivity contribution in [2.24, 2.45) is 75.9 Å². The second-order valence-corrected chi connectivity index (χ2v) is 16.7. The molecule has 0 aromatic carbocycles. The van der Waals surface area contributed by atoms with Crippen LogP contribution in [0.1, 0.15) is 130 Å². The van der Waals surface area contributed by atoms with Crippen LogP contribution in [0.3, 0.4) is 0 Å². The normalized spacial score (nSPS) is 60.3. The summed E-state index contributed by atoms with van der Waals surface area (Å²) in [5.41, 5.74) is 1.60. The van der Waals surface area contributed by atoms with E-state index >= 15 is 0 Å². The van der Waals surface area contributed by atoms with Crippen molar-refractivity contribution in [1.82, 2.24) is 0 Å². The molecule has 0 heteroatoms. The van der Waals surface area contributed by atoms with Gasteiger partial charge in [0.05, 0.1) is 0 Å². The van der Waals surface area contributed by atoms with Gasteiger partial charge in [0, 0.05) is 0 Å². The Morgan fingerprint density at radius 2 is 0.606 bits per heavy atom. The molecule has 12 rings (SSSR count). The molecule has 12 bridgehead atoms. The Labute approximate surface area is 205 Å². The van der Waals surface area contributed by atoms with Crippen LogP contribution in [-0.4, -0.2) is 0 Å². The lowest BCUT2D eigenvalue weighted by atomic mass is 9.50. The summed E-state index contributed by atoms with van der Waals surface area (Å²) in [7, 11) is 0. The fourth-order valence-corrected chi connectivity index (χ4v) is 13.3. The van der Waals surface area contributed by atoms with Crippen molar-refractivity contribution in [2.75, 3.05) is 0 Å². The summed E-state index contributed by atoms with van der Waals surface area (Å²) in [6, 6.07) is 0. The van der Waals surface area contributed by atoms with Gasteiger partial charge in [-0.1, -0.05) is 20.8 Å². The molecule has 0 unspecified atom stereocenters. The van der Waals surface area contributed by atoms with Crippen LogP contribution in [0, 0.1) is 75.9 Å². The van der Waals surface area contributed by atoms with E-state index in [1.54, 1.807) is 109 Å². The fourth-order valence-electron chi connectivity index (χ4n) is 13.3. The molecule has 33 heavy (non-hydrogen) atoms. The van der Waals surface area contributed by atoms with E-state index in [9.17, 15) is 0 Å². The maximum atomic E-state index is 2.54. The summed E-state index contributed by atoms with van der Waals surface area (Å²) < 4.78 is 0. The predicted molar refractivity (Wildman–Crippen MR) is 139 cm³/mol. The fraction of sp³-hybridized carbons (Fsp3) is 1.00. The molecule has 0 amide bonds. The molecule has 0 N–H and O–H groups in total. The van der Waals surface area contributed by atoms with Crippen molar-refractivity contribution in [3.05, 3.63) is 0 Å². The molecule has 12 aliphatic carbocycles. The quantitative estimate of drug-likeness (QED) is 0.344. The molecule has 0 atom stereocenters. The van der Waals surface area contributed by atoms with Gasteiger partial charge in [0.25, 0.3) is 0 Å². The first-order valence-electron chi connectivity index (χ1n) is 15.8. The van der Waals surface area contributed by atoms with Gasteiger partial charge in [0.15, 0.2) is 0 Å². The summed E-state index contributed by atoms with van der Waals surface area (Å²) in [6.07, 6.45) is 26.9. The average molecular weight is 451 g/mol. The third-order valence-electron chi connectivity index (χ3n) is 13.4. The van der Waals surface area contributed by atoms with Gasteiger partial charge in [-0.25, -0.2) is 0 Å². The zero-order valence-electron chi connectivity index (χ0n) is 22.4. The van der Waals surface area contributed by atoms with Gasteiger partial charge < -0.3 is 0 Å². The van der Waals surface area contributed by atoms with Gasteiger partial charge >= 0.3 is 0 Å². The third-order valence-corrected chi connectivity index (χ3v) is 13.4. The molecular formula is C33H54. The number of hydrogen-bond acceptors (Lipinski definition) is 0.